The zero-order valence-electron chi connectivity index (χ0n) is 24.1. The molecule has 0 saturated heterocycles. The molecule has 14 heteroatoms. The first-order valence-corrected chi connectivity index (χ1v) is 15.3. The minimum atomic E-state index is -1.31. The van der Waals surface area contributed by atoms with E-state index in [0.717, 1.165) is 41.6 Å². The number of hydrogen-bond acceptors (Lipinski definition) is 7. The van der Waals surface area contributed by atoms with E-state index in [1.165, 1.54) is 31.4 Å². The largest absolute Gasteiger partial charge is 0.353 e. The minimum absolute atomic E-state index is 0.0318. The molecule has 0 aliphatic rings. The quantitative estimate of drug-likeness (QED) is 0.205. The van der Waals surface area contributed by atoms with E-state index in [2.05, 4.69) is 35.1 Å². The zero-order chi connectivity index (χ0) is 31.4. The molecule has 0 aliphatic carbocycles. The Labute approximate surface area is 258 Å². The third-order valence-electron chi connectivity index (χ3n) is 6.62. The zero-order valence-corrected chi connectivity index (χ0v) is 26.4. The van der Waals surface area contributed by atoms with Crippen LogP contribution in [0.25, 0.3) is 0 Å². The predicted octanol–water partition coefficient (Wildman–Crippen LogP) is 3.77. The van der Waals surface area contributed by atoms with Gasteiger partial charge < -0.3 is 25.8 Å². The van der Waals surface area contributed by atoms with Crippen molar-refractivity contribution in [3.05, 3.63) is 49.0 Å². The highest BCUT2D eigenvalue weighted by Gasteiger charge is 2.26. The third kappa shape index (κ3) is 10.6. The highest BCUT2D eigenvalue weighted by Crippen LogP contribution is 2.31. The van der Waals surface area contributed by atoms with E-state index < -0.39 is 35.1 Å². The van der Waals surface area contributed by atoms with Gasteiger partial charge in [0, 0.05) is 25.7 Å². The van der Waals surface area contributed by atoms with Crippen LogP contribution in [-0.2, 0) is 25.7 Å². The summed E-state index contributed by atoms with van der Waals surface area (Å²) in [5, 5.41) is 10.1. The van der Waals surface area contributed by atoms with Gasteiger partial charge in [-0.3, -0.25) is 28.8 Å². The van der Waals surface area contributed by atoms with Crippen molar-refractivity contribution in [1.29, 1.82) is 0 Å². The van der Waals surface area contributed by atoms with Crippen molar-refractivity contribution in [2.24, 2.45) is 5.92 Å². The molecule has 3 atom stereocenters. The molecule has 2 unspecified atom stereocenters. The topological polar surface area (TPSA) is 155 Å². The highest BCUT2D eigenvalue weighted by atomic mass is 35.5. The molecular formula is C28H37Cl2N5O6S. The van der Waals surface area contributed by atoms with Crippen LogP contribution in [-0.4, -0.2) is 53.1 Å². The number of rotatable bonds is 16. The van der Waals surface area contributed by atoms with E-state index in [1.807, 2.05) is 6.92 Å². The van der Waals surface area contributed by atoms with Gasteiger partial charge in [-0.1, -0.05) is 56.3 Å². The second kappa shape index (κ2) is 17.0. The number of nitrogens with one attached hydrogen (secondary N) is 4. The van der Waals surface area contributed by atoms with Crippen LogP contribution in [0.3, 0.4) is 0 Å². The van der Waals surface area contributed by atoms with Crippen molar-refractivity contribution in [1.82, 2.24) is 20.5 Å². The molecule has 11 nitrogen and oxygen atoms in total. The summed E-state index contributed by atoms with van der Waals surface area (Å²) >= 11 is 13.0. The fraction of sp³-hybridized carbons (Fsp3) is 0.500. The van der Waals surface area contributed by atoms with Gasteiger partial charge in [-0.2, -0.15) is 0 Å². The Kier molecular flexibility index (Phi) is 14.2. The first kappa shape index (κ1) is 35.0. The molecule has 2 aromatic heterocycles. The van der Waals surface area contributed by atoms with Crippen LogP contribution in [0.15, 0.2) is 29.2 Å². The summed E-state index contributed by atoms with van der Waals surface area (Å²) in [6, 6.07) is 2.81. The molecule has 0 aromatic carbocycles. The predicted molar refractivity (Wildman–Crippen MR) is 164 cm³/mol. The number of amides is 4. The van der Waals surface area contributed by atoms with Gasteiger partial charge in [0.05, 0.1) is 9.90 Å². The van der Waals surface area contributed by atoms with Gasteiger partial charge >= 0.3 is 0 Å². The number of carbonyl (C=O) groups excluding carboxylic acids is 5. The molecule has 0 bridgehead atoms. The molecule has 0 radical (unpaired) electrons. The number of ketones is 1. The second-order valence-electron chi connectivity index (χ2n) is 9.92. The van der Waals surface area contributed by atoms with Crippen LogP contribution in [0, 0.1) is 5.92 Å². The number of carbonyl (C=O) groups is 5. The van der Waals surface area contributed by atoms with Crippen molar-refractivity contribution in [3.8, 4) is 0 Å². The Morgan fingerprint density at radius 3 is 2.38 bits per heavy atom. The van der Waals surface area contributed by atoms with Crippen molar-refractivity contribution < 1.29 is 24.0 Å². The fourth-order valence-corrected chi connectivity index (χ4v) is 5.89. The number of nitrogens with zero attached hydrogens (tertiary/aromatic N) is 1. The van der Waals surface area contributed by atoms with E-state index in [9.17, 15) is 28.8 Å². The molecule has 2 aromatic rings. The molecule has 42 heavy (non-hydrogen) atoms. The lowest BCUT2D eigenvalue weighted by Gasteiger charge is -2.21. The summed E-state index contributed by atoms with van der Waals surface area (Å²) < 4.78 is 1.53. The Balaban J connectivity index is 2.16. The molecule has 2 rings (SSSR count). The maximum absolute atomic E-state index is 13.2. The monoisotopic (exact) mass is 641 g/mol. The lowest BCUT2D eigenvalue weighted by molar-refractivity contribution is -0.137. The van der Waals surface area contributed by atoms with Crippen molar-refractivity contribution in [2.45, 2.75) is 77.9 Å². The molecule has 0 spiro atoms. The van der Waals surface area contributed by atoms with E-state index in [1.54, 1.807) is 0 Å². The van der Waals surface area contributed by atoms with Crippen molar-refractivity contribution in [3.63, 3.8) is 0 Å². The fourth-order valence-electron chi connectivity index (χ4n) is 4.44. The van der Waals surface area contributed by atoms with Crippen LogP contribution < -0.4 is 26.8 Å². The van der Waals surface area contributed by atoms with Crippen LogP contribution >= 0.6 is 34.5 Å². The van der Waals surface area contributed by atoms with Gasteiger partial charge in [0.25, 0.3) is 17.4 Å². The van der Waals surface area contributed by atoms with Crippen LogP contribution in [0.1, 0.15) is 69.7 Å². The van der Waals surface area contributed by atoms with Crippen LogP contribution in [0.5, 0.6) is 0 Å². The Bertz CT molecular complexity index is 1340. The lowest BCUT2D eigenvalue weighted by Crippen LogP contribution is -2.45. The number of likely N-dealkylation sites (N-methyl/N-ethyl adjacent to an activating group) is 1. The third-order valence-corrected chi connectivity index (χ3v) is 8.11. The summed E-state index contributed by atoms with van der Waals surface area (Å²) in [6.07, 6.45) is 4.83. The van der Waals surface area contributed by atoms with Crippen molar-refractivity contribution in [2.75, 3.05) is 12.4 Å². The van der Waals surface area contributed by atoms with Gasteiger partial charge in [-0.15, -0.1) is 11.3 Å². The highest BCUT2D eigenvalue weighted by molar-refractivity contribution is 7.20. The maximum atomic E-state index is 13.2. The average Bonchev–Trinajstić information content (AvgIpc) is 3.29. The van der Waals surface area contributed by atoms with E-state index >= 15 is 0 Å². The molecule has 4 N–H and O–H groups in total. The SMILES string of the molecule is CCCC(CC)CC(C)NC(=O)Cn1cccc(NC(=O)[C@H](CCC(=O)C(=O)NC)NC(=O)c2cc(Cl)sc2Cl)c1=O. The van der Waals surface area contributed by atoms with E-state index in [-0.39, 0.29) is 51.3 Å². The van der Waals surface area contributed by atoms with Crippen LogP contribution in [0.2, 0.25) is 8.67 Å². The second-order valence-corrected chi connectivity index (χ2v) is 12.2. The number of halogens is 2. The number of anilines is 1. The minimum Gasteiger partial charge on any atom is -0.353 e. The van der Waals surface area contributed by atoms with Gasteiger partial charge in [-0.25, -0.2) is 0 Å². The Morgan fingerprint density at radius 2 is 1.79 bits per heavy atom. The number of hydrogen-bond donors (Lipinski definition) is 4. The summed E-state index contributed by atoms with van der Waals surface area (Å²) in [4.78, 5) is 75.5. The van der Waals surface area contributed by atoms with E-state index in [4.69, 9.17) is 23.2 Å². The molecule has 0 saturated carbocycles. The molecule has 0 aliphatic heterocycles. The number of thiophene rings is 1. The smallest absolute Gasteiger partial charge is 0.287 e. The van der Waals surface area contributed by atoms with Crippen molar-refractivity contribution >= 4 is 69.6 Å². The molecular weight excluding hydrogens is 605 g/mol. The molecule has 230 valence electrons. The summed E-state index contributed by atoms with van der Waals surface area (Å²) in [7, 11) is 1.30. The van der Waals surface area contributed by atoms with Gasteiger partial charge in [0.15, 0.2) is 0 Å². The Morgan fingerprint density at radius 1 is 1.07 bits per heavy atom. The molecule has 4 amide bonds. The number of aromatic nitrogens is 1. The summed E-state index contributed by atoms with van der Waals surface area (Å²) in [5.74, 6) is -3.01. The number of Topliss-reactive ketones (excluding diaryl/α,β-unsaturated/α-hetero) is 1. The average molecular weight is 643 g/mol. The summed E-state index contributed by atoms with van der Waals surface area (Å²) in [6.45, 7) is 5.92. The Hall–Kier alpha value is -3.22. The normalized spacial score (nSPS) is 13.0. The first-order valence-electron chi connectivity index (χ1n) is 13.7. The van der Waals surface area contributed by atoms with Gasteiger partial charge in [0.1, 0.15) is 22.6 Å². The van der Waals surface area contributed by atoms with Gasteiger partial charge in [0.2, 0.25) is 17.6 Å². The summed E-state index contributed by atoms with van der Waals surface area (Å²) in [5.41, 5.74) is -0.736. The molecule has 0 fully saturated rings. The van der Waals surface area contributed by atoms with Gasteiger partial charge in [-0.05, 0) is 43.9 Å². The van der Waals surface area contributed by atoms with Crippen LogP contribution in [0.4, 0.5) is 5.69 Å². The van der Waals surface area contributed by atoms with E-state index in [0.29, 0.717) is 5.92 Å². The maximum Gasteiger partial charge on any atom is 0.287 e. The lowest BCUT2D eigenvalue weighted by atomic mass is 9.93. The standard InChI is InChI=1S/C28H37Cl2N5O6S/c1-5-8-17(6-2)13-16(3)32-23(37)15-35-12-7-9-20(28(35)41)34-26(39)19(10-11-21(36)27(40)31-4)33-25(38)18-14-22(29)42-24(18)30/h7,9,12,14,16-17,19H,5-6,8,10-11,13,15H2,1-4H3,(H,31,40)(H,32,37)(H,33,38)(H,34,39)/t16?,17?,19-/m0/s1. The first-order chi connectivity index (χ1) is 19.9. The number of pyridine rings is 1. The molecule has 2 heterocycles.